The number of alkyl halides is 3. The van der Waals surface area contributed by atoms with E-state index in [1.165, 1.54) is 23.9 Å². The molecular formula is C23H28F3N5O2. The first-order valence-electron chi connectivity index (χ1n) is 10.6. The van der Waals surface area contributed by atoms with Gasteiger partial charge in [0, 0.05) is 35.9 Å². The minimum absolute atomic E-state index is 0.719. The van der Waals surface area contributed by atoms with E-state index >= 15 is 0 Å². The van der Waals surface area contributed by atoms with Crippen molar-refractivity contribution in [3.8, 4) is 0 Å². The van der Waals surface area contributed by atoms with Crippen LogP contribution in [0.1, 0.15) is 18.5 Å². The number of para-hydroxylation sites is 1. The summed E-state index contributed by atoms with van der Waals surface area (Å²) in [7, 11) is 4.37. The van der Waals surface area contributed by atoms with E-state index in [2.05, 4.69) is 75.8 Å². The zero-order valence-corrected chi connectivity index (χ0v) is 18.6. The van der Waals surface area contributed by atoms with Crippen LogP contribution in [0.2, 0.25) is 0 Å². The number of aromatic amines is 1. The second-order valence-corrected chi connectivity index (χ2v) is 8.10. The van der Waals surface area contributed by atoms with Gasteiger partial charge in [-0.3, -0.25) is 5.10 Å². The van der Waals surface area contributed by atoms with Crippen molar-refractivity contribution in [2.24, 2.45) is 0 Å². The van der Waals surface area contributed by atoms with E-state index in [0.717, 1.165) is 42.6 Å². The zero-order valence-electron chi connectivity index (χ0n) is 18.6. The summed E-state index contributed by atoms with van der Waals surface area (Å²) < 4.78 is 31.7. The lowest BCUT2D eigenvalue weighted by molar-refractivity contribution is -0.192. The van der Waals surface area contributed by atoms with Gasteiger partial charge in [-0.05, 0) is 57.3 Å². The summed E-state index contributed by atoms with van der Waals surface area (Å²) in [5.74, 6) is -2.76. The van der Waals surface area contributed by atoms with Crippen LogP contribution in [0.5, 0.6) is 0 Å². The third-order valence-corrected chi connectivity index (χ3v) is 5.68. The first-order chi connectivity index (χ1) is 15.6. The smallest absolute Gasteiger partial charge is 0.475 e. The predicted octanol–water partition coefficient (Wildman–Crippen LogP) is 4.34. The normalized spacial score (nSPS) is 14.8. The Morgan fingerprint density at radius 1 is 1.15 bits per heavy atom. The number of hydrogen-bond acceptors (Lipinski definition) is 5. The molecule has 1 aliphatic heterocycles. The lowest BCUT2D eigenvalue weighted by atomic mass is 10.0. The number of carbonyl (C=O) groups is 1. The number of aromatic nitrogens is 2. The largest absolute Gasteiger partial charge is 0.490 e. The van der Waals surface area contributed by atoms with E-state index < -0.39 is 12.1 Å². The van der Waals surface area contributed by atoms with E-state index in [0.29, 0.717) is 0 Å². The molecule has 4 rings (SSSR count). The van der Waals surface area contributed by atoms with Gasteiger partial charge < -0.3 is 20.2 Å². The van der Waals surface area contributed by atoms with Crippen LogP contribution in [-0.4, -0.2) is 65.6 Å². The summed E-state index contributed by atoms with van der Waals surface area (Å²) in [5.41, 5.74) is 4.59. The van der Waals surface area contributed by atoms with Crippen molar-refractivity contribution in [2.45, 2.75) is 31.6 Å². The first-order valence-corrected chi connectivity index (χ1v) is 10.6. The molecule has 1 fully saturated rings. The number of rotatable bonds is 5. The number of H-pyrrole nitrogens is 1. The van der Waals surface area contributed by atoms with Crippen molar-refractivity contribution >= 4 is 28.2 Å². The minimum Gasteiger partial charge on any atom is -0.475 e. The van der Waals surface area contributed by atoms with Gasteiger partial charge in [-0.15, -0.1) is 0 Å². The van der Waals surface area contributed by atoms with Crippen LogP contribution in [0.3, 0.4) is 0 Å². The van der Waals surface area contributed by atoms with Gasteiger partial charge in [-0.1, -0.05) is 18.2 Å². The van der Waals surface area contributed by atoms with Gasteiger partial charge in [-0.2, -0.15) is 18.3 Å². The Hall–Kier alpha value is -3.27. The third kappa shape index (κ3) is 6.61. The Morgan fingerprint density at radius 2 is 1.76 bits per heavy atom. The Bertz CT molecular complexity index is 1040. The van der Waals surface area contributed by atoms with E-state index in [1.807, 2.05) is 12.1 Å². The fourth-order valence-electron chi connectivity index (χ4n) is 3.77. The minimum atomic E-state index is -5.08. The highest BCUT2D eigenvalue weighted by atomic mass is 19.4. The second kappa shape index (κ2) is 10.6. The molecule has 1 aliphatic rings. The molecule has 2 aromatic carbocycles. The van der Waals surface area contributed by atoms with Gasteiger partial charge in [0.25, 0.3) is 0 Å². The summed E-state index contributed by atoms with van der Waals surface area (Å²) in [6, 6.07) is 17.7. The van der Waals surface area contributed by atoms with Crippen molar-refractivity contribution in [3.05, 3.63) is 54.2 Å². The van der Waals surface area contributed by atoms with Gasteiger partial charge in [0.1, 0.15) is 0 Å². The highest BCUT2D eigenvalue weighted by Crippen LogP contribution is 2.24. The third-order valence-electron chi connectivity index (χ3n) is 5.68. The Morgan fingerprint density at radius 3 is 2.33 bits per heavy atom. The van der Waals surface area contributed by atoms with Crippen molar-refractivity contribution in [2.75, 3.05) is 37.4 Å². The Kier molecular flexibility index (Phi) is 7.80. The zero-order chi connectivity index (χ0) is 24.0. The van der Waals surface area contributed by atoms with E-state index in [4.69, 9.17) is 9.90 Å². The molecule has 0 saturated carbocycles. The quantitative estimate of drug-likeness (QED) is 0.522. The lowest BCUT2D eigenvalue weighted by Crippen LogP contribution is -2.41. The van der Waals surface area contributed by atoms with Gasteiger partial charge in [0.2, 0.25) is 0 Å². The number of aliphatic carboxylic acids is 1. The molecule has 0 aliphatic carbocycles. The maximum Gasteiger partial charge on any atom is 0.490 e. The van der Waals surface area contributed by atoms with Crippen molar-refractivity contribution in [1.82, 2.24) is 15.1 Å². The molecule has 2 heterocycles. The fraction of sp³-hybridized carbons (Fsp3) is 0.391. The molecule has 0 atom stereocenters. The highest BCUT2D eigenvalue weighted by molar-refractivity contribution is 5.81. The van der Waals surface area contributed by atoms with Crippen LogP contribution in [-0.2, 0) is 11.3 Å². The van der Waals surface area contributed by atoms with Gasteiger partial charge in [0.05, 0.1) is 17.8 Å². The molecule has 178 valence electrons. The summed E-state index contributed by atoms with van der Waals surface area (Å²) in [6.45, 7) is 3.01. The summed E-state index contributed by atoms with van der Waals surface area (Å²) in [4.78, 5) is 13.7. The van der Waals surface area contributed by atoms with Crippen LogP contribution in [0.4, 0.5) is 24.5 Å². The second-order valence-electron chi connectivity index (χ2n) is 8.10. The van der Waals surface area contributed by atoms with Gasteiger partial charge in [-0.25, -0.2) is 4.79 Å². The number of carboxylic acid groups (broad SMARTS) is 1. The molecule has 1 saturated heterocycles. The number of nitrogens with one attached hydrogen (secondary N) is 2. The maximum atomic E-state index is 10.6. The standard InChI is InChI=1S/C21H27N5.C2HF3O2/c1-25(2)17-11-13-26(14-12-17)18-9-7-16(8-10-18)22-15-21-19-5-3-4-6-20(19)23-24-21;3-2(4,5)1(6)7/h3-10,17,22H,11-15H2,1-2H3,(H,23,24);(H,6,7). The molecule has 3 aromatic rings. The predicted molar refractivity (Wildman–Crippen MR) is 122 cm³/mol. The van der Waals surface area contributed by atoms with Gasteiger partial charge in [0.15, 0.2) is 0 Å². The highest BCUT2D eigenvalue weighted by Gasteiger charge is 2.38. The van der Waals surface area contributed by atoms with E-state index in [9.17, 15) is 13.2 Å². The van der Waals surface area contributed by atoms with Crippen LogP contribution in [0, 0.1) is 0 Å². The first kappa shape index (κ1) is 24.4. The Balaban J connectivity index is 0.000000383. The molecular weight excluding hydrogens is 435 g/mol. The molecule has 7 nitrogen and oxygen atoms in total. The molecule has 0 amide bonds. The summed E-state index contributed by atoms with van der Waals surface area (Å²) in [6.07, 6.45) is -2.61. The maximum absolute atomic E-state index is 10.6. The lowest BCUT2D eigenvalue weighted by Gasteiger charge is -2.36. The number of nitrogens with zero attached hydrogens (tertiary/aromatic N) is 3. The number of carboxylic acids is 1. The van der Waals surface area contributed by atoms with Crippen molar-refractivity contribution < 1.29 is 23.1 Å². The molecule has 0 bridgehead atoms. The number of fused-ring (bicyclic) bond motifs is 1. The average Bonchev–Trinajstić information content (AvgIpc) is 3.21. The van der Waals surface area contributed by atoms with Crippen LogP contribution in [0.15, 0.2) is 48.5 Å². The number of hydrogen-bond donors (Lipinski definition) is 3. The van der Waals surface area contributed by atoms with Crippen LogP contribution in [0.25, 0.3) is 10.9 Å². The van der Waals surface area contributed by atoms with E-state index in [-0.39, 0.29) is 0 Å². The number of anilines is 2. The molecule has 10 heteroatoms. The molecule has 33 heavy (non-hydrogen) atoms. The summed E-state index contributed by atoms with van der Waals surface area (Å²) >= 11 is 0. The molecule has 0 spiro atoms. The molecule has 0 radical (unpaired) electrons. The molecule has 0 unspecified atom stereocenters. The molecule has 1 aromatic heterocycles. The van der Waals surface area contributed by atoms with Crippen molar-refractivity contribution in [3.63, 3.8) is 0 Å². The van der Waals surface area contributed by atoms with Crippen LogP contribution >= 0.6 is 0 Å². The monoisotopic (exact) mass is 463 g/mol. The SMILES string of the molecule is CN(C)C1CCN(c2ccc(NCc3[nH]nc4ccccc34)cc2)CC1.O=C(O)C(F)(F)F. The number of piperidine rings is 1. The fourth-order valence-corrected chi connectivity index (χ4v) is 3.77. The topological polar surface area (TPSA) is 84.5 Å². The number of halogens is 3. The van der Waals surface area contributed by atoms with Crippen molar-refractivity contribution in [1.29, 1.82) is 0 Å². The number of benzene rings is 2. The average molecular weight is 464 g/mol. The Labute approximate surface area is 190 Å². The van der Waals surface area contributed by atoms with Crippen LogP contribution < -0.4 is 10.2 Å². The van der Waals surface area contributed by atoms with E-state index in [1.54, 1.807) is 0 Å². The molecule has 3 N–H and O–H groups in total. The van der Waals surface area contributed by atoms with Gasteiger partial charge >= 0.3 is 12.1 Å². The summed E-state index contributed by atoms with van der Waals surface area (Å²) in [5, 5.41) is 19.3.